The first kappa shape index (κ1) is 31.2. The Kier molecular flexibility index (Phi) is 8.21. The monoisotopic (exact) mass is 658 g/mol. The van der Waals surface area contributed by atoms with Crippen LogP contribution in [0.3, 0.4) is 0 Å². The van der Waals surface area contributed by atoms with Gasteiger partial charge in [0.25, 0.3) is 5.88 Å². The van der Waals surface area contributed by atoms with Gasteiger partial charge >= 0.3 is 12.1 Å². The highest BCUT2D eigenvalue weighted by atomic mass is 19.1. The predicted octanol–water partition coefficient (Wildman–Crippen LogP) is 6.25. The lowest BCUT2D eigenvalue weighted by atomic mass is 10.0. The fourth-order valence-corrected chi connectivity index (χ4v) is 5.99. The number of pyridine rings is 1. The van der Waals surface area contributed by atoms with Crippen LogP contribution in [0.1, 0.15) is 44.9 Å². The van der Waals surface area contributed by atoms with Crippen LogP contribution < -0.4 is 4.74 Å². The summed E-state index contributed by atoms with van der Waals surface area (Å²) in [5.41, 5.74) is 3.59. The molecule has 2 aliphatic heterocycles. The zero-order valence-corrected chi connectivity index (χ0v) is 25.7. The second-order valence-corrected chi connectivity index (χ2v) is 11.7. The average Bonchev–Trinajstić information content (AvgIpc) is 3.63. The molecule has 246 valence electrons. The smallest absolute Gasteiger partial charge is 0.410 e. The number of benzene rings is 3. The van der Waals surface area contributed by atoms with Crippen molar-refractivity contribution in [1.82, 2.24) is 19.4 Å². The van der Waals surface area contributed by atoms with Gasteiger partial charge in [-0.3, -0.25) is 4.90 Å². The van der Waals surface area contributed by atoms with Crippen molar-refractivity contribution >= 4 is 23.1 Å². The second-order valence-electron chi connectivity index (χ2n) is 11.7. The van der Waals surface area contributed by atoms with E-state index < -0.39 is 29.5 Å². The highest BCUT2D eigenvalue weighted by Gasteiger charge is 2.25. The molecule has 0 spiro atoms. The lowest BCUT2D eigenvalue weighted by molar-refractivity contribution is -0.0589. The molecule has 1 unspecified atom stereocenters. The number of carboxylic acid groups (broad SMARTS) is 1. The third kappa shape index (κ3) is 6.04. The van der Waals surface area contributed by atoms with E-state index in [2.05, 4.69) is 9.97 Å². The molecule has 4 heterocycles. The number of hydrogen-bond acceptors (Lipinski definition) is 7. The van der Waals surface area contributed by atoms with Crippen LogP contribution >= 0.6 is 0 Å². The summed E-state index contributed by atoms with van der Waals surface area (Å²) in [6.07, 6.45) is 0.211. The number of ether oxygens (including phenoxy) is 3. The fraction of sp³-hybridized carbons (Fsp3) is 0.257. The first-order valence-electron chi connectivity index (χ1n) is 15.2. The fourth-order valence-electron chi connectivity index (χ4n) is 5.99. The number of imidazole rings is 1. The third-order valence-corrected chi connectivity index (χ3v) is 8.63. The van der Waals surface area contributed by atoms with E-state index in [0.29, 0.717) is 48.7 Å². The first-order valence-corrected chi connectivity index (χ1v) is 15.2. The molecule has 0 saturated carbocycles. The lowest BCUT2D eigenvalue weighted by Crippen LogP contribution is -2.31. The topological polar surface area (TPSA) is 116 Å². The van der Waals surface area contributed by atoms with Gasteiger partial charge in [-0.1, -0.05) is 18.2 Å². The number of amides is 1. The number of fused-ring (bicyclic) bond motifs is 2. The van der Waals surface area contributed by atoms with Crippen LogP contribution in [0.15, 0.2) is 60.7 Å². The zero-order chi connectivity index (χ0) is 33.5. The van der Waals surface area contributed by atoms with E-state index in [4.69, 9.17) is 14.2 Å². The molecule has 7 rings (SSSR count). The Morgan fingerprint density at radius 1 is 0.958 bits per heavy atom. The first-order chi connectivity index (χ1) is 23.2. The van der Waals surface area contributed by atoms with Crippen LogP contribution in [0.5, 0.6) is 5.88 Å². The minimum Gasteiger partial charge on any atom is -0.478 e. The molecule has 5 aromatic rings. The minimum absolute atomic E-state index is 0.0207. The Labute approximate surface area is 272 Å². The van der Waals surface area contributed by atoms with E-state index in [9.17, 15) is 19.1 Å². The van der Waals surface area contributed by atoms with Crippen molar-refractivity contribution in [1.29, 1.82) is 0 Å². The van der Waals surface area contributed by atoms with Gasteiger partial charge in [0.05, 0.1) is 42.0 Å². The van der Waals surface area contributed by atoms with Crippen molar-refractivity contribution < 1.29 is 42.1 Å². The molecule has 0 radical (unpaired) electrons. The van der Waals surface area contributed by atoms with Crippen LogP contribution in [0.2, 0.25) is 0 Å². The quantitative estimate of drug-likeness (QED) is 0.198. The number of carbonyl (C=O) groups is 2. The summed E-state index contributed by atoms with van der Waals surface area (Å²) < 4.78 is 63.7. The molecular formula is C35H29F3N4O6. The molecule has 2 aliphatic rings. The number of aromatic nitrogens is 3. The van der Waals surface area contributed by atoms with Crippen molar-refractivity contribution in [3.05, 3.63) is 112 Å². The molecule has 1 fully saturated rings. The Hall–Kier alpha value is -5.43. The number of carboxylic acids is 1. The van der Waals surface area contributed by atoms with Crippen LogP contribution in [-0.2, 0) is 42.1 Å². The van der Waals surface area contributed by atoms with Crippen LogP contribution in [0.4, 0.5) is 18.0 Å². The summed E-state index contributed by atoms with van der Waals surface area (Å²) >= 11 is 0. The number of rotatable bonds is 9. The molecule has 2 aromatic heterocycles. The molecule has 1 atom stereocenters. The van der Waals surface area contributed by atoms with Gasteiger partial charge in [-0.05, 0) is 71.1 Å². The summed E-state index contributed by atoms with van der Waals surface area (Å²) in [7, 11) is 1.32. The molecule has 1 N–H and O–H groups in total. The Bertz CT molecular complexity index is 2080. The van der Waals surface area contributed by atoms with E-state index in [-0.39, 0.29) is 47.4 Å². The Balaban J connectivity index is 1.11. The standard InChI is InChI=1S/C35H29F3N4O6/c1-46-35(45)41-15-21-3-2-19(10-23(21)16-41)18-48-33-26(36)5-7-29(40-33)25-14-27(37)22(11-28(25)38)13-32-39-30-6-4-20(34(43)44)12-31(30)42(32)17-24-8-9-47-24/h2-7,10-12,14,24H,8-9,13,15-18H2,1H3,(H,43,44). The van der Waals surface area contributed by atoms with Gasteiger partial charge in [-0.2, -0.15) is 0 Å². The van der Waals surface area contributed by atoms with Gasteiger partial charge in [-0.15, -0.1) is 0 Å². The van der Waals surface area contributed by atoms with Gasteiger partial charge in [0.15, 0.2) is 5.82 Å². The highest BCUT2D eigenvalue weighted by molar-refractivity contribution is 5.92. The summed E-state index contributed by atoms with van der Waals surface area (Å²) in [5, 5.41) is 9.48. The van der Waals surface area contributed by atoms with Crippen molar-refractivity contribution in [2.24, 2.45) is 0 Å². The number of aromatic carboxylic acids is 1. The van der Waals surface area contributed by atoms with Gasteiger partial charge in [0, 0.05) is 31.7 Å². The lowest BCUT2D eigenvalue weighted by Gasteiger charge is -2.27. The maximum absolute atomic E-state index is 15.6. The summed E-state index contributed by atoms with van der Waals surface area (Å²) in [4.78, 5) is 33.8. The molecule has 13 heteroatoms. The van der Waals surface area contributed by atoms with Gasteiger partial charge in [-0.25, -0.2) is 32.7 Å². The zero-order valence-electron chi connectivity index (χ0n) is 25.7. The van der Waals surface area contributed by atoms with E-state index in [0.717, 1.165) is 35.7 Å². The van der Waals surface area contributed by atoms with Crippen molar-refractivity contribution in [2.45, 2.75) is 45.2 Å². The summed E-state index contributed by atoms with van der Waals surface area (Å²) in [6.45, 7) is 1.75. The third-order valence-electron chi connectivity index (χ3n) is 8.63. The van der Waals surface area contributed by atoms with Crippen molar-refractivity contribution in [3.8, 4) is 17.1 Å². The Morgan fingerprint density at radius 2 is 1.77 bits per heavy atom. The predicted molar refractivity (Wildman–Crippen MR) is 166 cm³/mol. The Morgan fingerprint density at radius 3 is 2.52 bits per heavy atom. The van der Waals surface area contributed by atoms with Gasteiger partial charge < -0.3 is 23.9 Å². The molecule has 48 heavy (non-hydrogen) atoms. The number of halogens is 3. The normalized spacial score (nSPS) is 15.3. The van der Waals surface area contributed by atoms with E-state index in [1.165, 1.54) is 25.3 Å². The minimum atomic E-state index is -1.09. The van der Waals surface area contributed by atoms with Crippen molar-refractivity contribution in [2.75, 3.05) is 13.7 Å². The van der Waals surface area contributed by atoms with Gasteiger partial charge in [0.1, 0.15) is 24.1 Å². The van der Waals surface area contributed by atoms with E-state index in [1.54, 1.807) is 21.6 Å². The van der Waals surface area contributed by atoms with E-state index in [1.807, 2.05) is 12.1 Å². The van der Waals surface area contributed by atoms with Crippen LogP contribution in [0.25, 0.3) is 22.3 Å². The van der Waals surface area contributed by atoms with E-state index >= 15 is 8.78 Å². The number of nitrogens with zero attached hydrogens (tertiary/aromatic N) is 4. The summed E-state index contributed by atoms with van der Waals surface area (Å²) in [6, 6.07) is 14.4. The van der Waals surface area contributed by atoms with Gasteiger partial charge in [0.2, 0.25) is 0 Å². The molecule has 1 saturated heterocycles. The van der Waals surface area contributed by atoms with Crippen LogP contribution in [-0.4, -0.2) is 56.4 Å². The molecule has 10 nitrogen and oxygen atoms in total. The van der Waals surface area contributed by atoms with Crippen molar-refractivity contribution in [3.63, 3.8) is 0 Å². The molecule has 0 bridgehead atoms. The molecule has 0 aliphatic carbocycles. The highest BCUT2D eigenvalue weighted by Crippen LogP contribution is 2.30. The SMILES string of the molecule is COC(=O)N1Cc2ccc(COc3nc(-c4cc(F)c(Cc5nc6ccc(C(=O)O)cc6n5CC5CCO5)cc4F)ccc3F)cc2C1. The number of carbonyl (C=O) groups excluding carboxylic acids is 1. The number of methoxy groups -OCH3 is 1. The molecule has 1 amide bonds. The number of hydrogen-bond donors (Lipinski definition) is 1. The maximum Gasteiger partial charge on any atom is 0.410 e. The maximum atomic E-state index is 15.6. The molecule has 3 aromatic carbocycles. The molecular weight excluding hydrogens is 629 g/mol. The summed E-state index contributed by atoms with van der Waals surface area (Å²) in [5.74, 6) is -3.30. The van der Waals surface area contributed by atoms with Crippen LogP contribution in [0, 0.1) is 17.5 Å². The second kappa shape index (κ2) is 12.6. The largest absolute Gasteiger partial charge is 0.478 e. The average molecular weight is 659 g/mol.